The molecule has 1 N–H and O–H groups in total. The van der Waals surface area contributed by atoms with E-state index < -0.39 is 15.4 Å². The van der Waals surface area contributed by atoms with E-state index >= 15 is 0 Å². The summed E-state index contributed by atoms with van der Waals surface area (Å²) in [4.78, 5) is 19.1. The van der Waals surface area contributed by atoms with Crippen molar-refractivity contribution in [1.82, 2.24) is 14.5 Å². The Morgan fingerprint density at radius 3 is 2.40 bits per heavy atom. The number of hydrogen-bond donors (Lipinski definition) is 1. The molecule has 1 saturated heterocycles. The molecule has 0 unspecified atom stereocenters. The summed E-state index contributed by atoms with van der Waals surface area (Å²) in [5.41, 5.74) is 1.03. The van der Waals surface area contributed by atoms with Crippen LogP contribution in [0.2, 0.25) is 0 Å². The van der Waals surface area contributed by atoms with E-state index in [4.69, 9.17) is 4.74 Å². The molecule has 8 nitrogen and oxygen atoms in total. The lowest BCUT2D eigenvalue weighted by atomic mass is 10.0. The van der Waals surface area contributed by atoms with Gasteiger partial charge in [0.2, 0.25) is 5.95 Å². The molecule has 0 spiro atoms. The number of likely N-dealkylation sites (tertiary alicyclic amines) is 1. The Hall–Kier alpha value is -2.29. The highest BCUT2D eigenvalue weighted by atomic mass is 32.2. The number of rotatable bonds is 4. The van der Waals surface area contributed by atoms with E-state index in [1.54, 1.807) is 17.0 Å². The zero-order valence-corrected chi connectivity index (χ0v) is 19.4. The lowest BCUT2D eigenvalue weighted by Gasteiger charge is -2.34. The lowest BCUT2D eigenvalue weighted by Crippen LogP contribution is -2.42. The standard InChI is InChI=1S/C21H32N4O4S/c1-14(2)22-19-23-17-13-16(30(6,27)28)7-8-18(17)25(19)15-9-11-24(12-10-15)20(26)29-21(3,4)5/h7-8,13-15H,9-12H2,1-6H3,(H,22,23). The van der Waals surface area contributed by atoms with Gasteiger partial charge in [0.25, 0.3) is 0 Å². The fourth-order valence-electron chi connectivity index (χ4n) is 3.67. The molecule has 0 radical (unpaired) electrons. The first-order valence-corrected chi connectivity index (χ1v) is 12.2. The van der Waals surface area contributed by atoms with Crippen molar-refractivity contribution in [3.8, 4) is 0 Å². The Morgan fingerprint density at radius 1 is 1.23 bits per heavy atom. The molecule has 1 aromatic carbocycles. The molecule has 3 rings (SSSR count). The number of fused-ring (bicyclic) bond motifs is 1. The number of imidazole rings is 1. The third-order valence-corrected chi connectivity index (χ3v) is 6.10. The van der Waals surface area contributed by atoms with Gasteiger partial charge < -0.3 is 19.5 Å². The van der Waals surface area contributed by atoms with Gasteiger partial charge in [-0.1, -0.05) is 0 Å². The summed E-state index contributed by atoms with van der Waals surface area (Å²) in [6.07, 6.45) is 2.45. The molecule has 1 aliphatic heterocycles. The fourth-order valence-corrected chi connectivity index (χ4v) is 4.31. The molecular formula is C21H32N4O4S. The van der Waals surface area contributed by atoms with Crippen LogP contribution in [0.4, 0.5) is 10.7 Å². The zero-order chi connectivity index (χ0) is 22.3. The highest BCUT2D eigenvalue weighted by molar-refractivity contribution is 7.90. The van der Waals surface area contributed by atoms with Gasteiger partial charge in [0.05, 0.1) is 15.9 Å². The van der Waals surface area contributed by atoms with Gasteiger partial charge in [0.15, 0.2) is 9.84 Å². The number of sulfone groups is 1. The zero-order valence-electron chi connectivity index (χ0n) is 18.6. The minimum atomic E-state index is -3.31. The molecule has 1 aromatic heterocycles. The van der Waals surface area contributed by atoms with Crippen LogP contribution in [0.15, 0.2) is 23.1 Å². The normalized spacial score (nSPS) is 16.3. The van der Waals surface area contributed by atoms with Crippen molar-refractivity contribution < 1.29 is 17.9 Å². The maximum atomic E-state index is 12.4. The molecule has 0 saturated carbocycles. The van der Waals surface area contributed by atoms with Gasteiger partial charge in [0.1, 0.15) is 5.60 Å². The number of ether oxygens (including phenoxy) is 1. The molecule has 0 bridgehead atoms. The number of aromatic nitrogens is 2. The summed E-state index contributed by atoms with van der Waals surface area (Å²) < 4.78 is 31.5. The van der Waals surface area contributed by atoms with Crippen molar-refractivity contribution in [3.63, 3.8) is 0 Å². The molecule has 166 valence electrons. The minimum absolute atomic E-state index is 0.152. The van der Waals surface area contributed by atoms with Crippen LogP contribution in [-0.2, 0) is 14.6 Å². The van der Waals surface area contributed by atoms with Gasteiger partial charge in [-0.2, -0.15) is 0 Å². The Morgan fingerprint density at radius 2 is 1.87 bits per heavy atom. The van der Waals surface area contributed by atoms with Crippen LogP contribution in [0, 0.1) is 0 Å². The second-order valence-electron chi connectivity index (χ2n) is 9.23. The predicted molar refractivity (Wildman–Crippen MR) is 118 cm³/mol. The summed E-state index contributed by atoms with van der Waals surface area (Å²) in [5, 5.41) is 3.38. The average molecular weight is 437 g/mol. The van der Waals surface area contributed by atoms with Gasteiger partial charge in [-0.15, -0.1) is 0 Å². The molecule has 1 aliphatic rings. The lowest BCUT2D eigenvalue weighted by molar-refractivity contribution is 0.0190. The smallest absolute Gasteiger partial charge is 0.410 e. The van der Waals surface area contributed by atoms with Crippen LogP contribution >= 0.6 is 0 Å². The summed E-state index contributed by atoms with van der Waals surface area (Å²) in [6.45, 7) is 10.9. The Kier molecular flexibility index (Phi) is 6.04. The number of hydrogen-bond acceptors (Lipinski definition) is 6. The van der Waals surface area contributed by atoms with E-state index in [1.165, 1.54) is 6.26 Å². The summed E-state index contributed by atoms with van der Waals surface area (Å²) >= 11 is 0. The van der Waals surface area contributed by atoms with Crippen molar-refractivity contribution in [3.05, 3.63) is 18.2 Å². The Balaban J connectivity index is 1.88. The Bertz CT molecular complexity index is 1030. The van der Waals surface area contributed by atoms with Crippen molar-refractivity contribution in [2.75, 3.05) is 24.7 Å². The largest absolute Gasteiger partial charge is 0.444 e. The van der Waals surface area contributed by atoms with Gasteiger partial charge in [-0.25, -0.2) is 18.2 Å². The van der Waals surface area contributed by atoms with Crippen LogP contribution < -0.4 is 5.32 Å². The van der Waals surface area contributed by atoms with Crippen LogP contribution in [-0.4, -0.2) is 60.0 Å². The molecule has 0 aliphatic carbocycles. The number of nitrogens with one attached hydrogen (secondary N) is 1. The maximum absolute atomic E-state index is 12.4. The first-order chi connectivity index (χ1) is 13.8. The first-order valence-electron chi connectivity index (χ1n) is 10.3. The van der Waals surface area contributed by atoms with Crippen LogP contribution in [0.5, 0.6) is 0 Å². The van der Waals surface area contributed by atoms with Crippen molar-refractivity contribution >= 4 is 32.9 Å². The third-order valence-electron chi connectivity index (χ3n) is 4.99. The number of piperidine rings is 1. The highest BCUT2D eigenvalue weighted by Crippen LogP contribution is 2.32. The third kappa shape index (κ3) is 5.06. The van der Waals surface area contributed by atoms with E-state index in [0.717, 1.165) is 24.3 Å². The van der Waals surface area contributed by atoms with Crippen molar-refractivity contribution in [1.29, 1.82) is 0 Å². The quantitative estimate of drug-likeness (QED) is 0.783. The second kappa shape index (κ2) is 8.09. The summed E-state index contributed by atoms with van der Waals surface area (Å²) in [7, 11) is -3.31. The van der Waals surface area contributed by atoms with E-state index in [0.29, 0.717) is 18.6 Å². The highest BCUT2D eigenvalue weighted by Gasteiger charge is 2.29. The number of carbonyl (C=O) groups is 1. The topological polar surface area (TPSA) is 93.5 Å². The summed E-state index contributed by atoms with van der Waals surface area (Å²) in [5.74, 6) is 0.723. The van der Waals surface area contributed by atoms with Crippen LogP contribution in [0.3, 0.4) is 0 Å². The predicted octanol–water partition coefficient (Wildman–Crippen LogP) is 3.83. The molecule has 9 heteroatoms. The first kappa shape index (κ1) is 22.4. The molecule has 1 amide bonds. The second-order valence-corrected chi connectivity index (χ2v) is 11.2. The molecular weight excluding hydrogens is 404 g/mol. The van der Waals surface area contributed by atoms with E-state index in [9.17, 15) is 13.2 Å². The number of benzene rings is 1. The van der Waals surface area contributed by atoms with E-state index in [-0.39, 0.29) is 23.1 Å². The molecule has 0 atom stereocenters. The minimum Gasteiger partial charge on any atom is -0.444 e. The SMILES string of the molecule is CC(C)Nc1nc2cc(S(C)(=O)=O)ccc2n1C1CCN(C(=O)OC(C)(C)C)CC1. The molecule has 2 aromatic rings. The molecule has 2 heterocycles. The van der Waals surface area contributed by atoms with Crippen molar-refractivity contribution in [2.24, 2.45) is 0 Å². The van der Waals surface area contributed by atoms with Crippen LogP contribution in [0.25, 0.3) is 11.0 Å². The van der Waals surface area contributed by atoms with Gasteiger partial charge in [-0.3, -0.25) is 0 Å². The number of carbonyl (C=O) groups excluding carboxylic acids is 1. The number of nitrogens with zero attached hydrogens (tertiary/aromatic N) is 3. The maximum Gasteiger partial charge on any atom is 0.410 e. The fraction of sp³-hybridized carbons (Fsp3) is 0.619. The average Bonchev–Trinajstić information content (AvgIpc) is 2.95. The monoisotopic (exact) mass is 436 g/mol. The molecule has 30 heavy (non-hydrogen) atoms. The van der Waals surface area contributed by atoms with Gasteiger partial charge >= 0.3 is 6.09 Å². The van der Waals surface area contributed by atoms with E-state index in [2.05, 4.69) is 14.9 Å². The molecule has 1 fully saturated rings. The number of anilines is 1. The van der Waals surface area contributed by atoms with Gasteiger partial charge in [0, 0.05) is 31.4 Å². The summed E-state index contributed by atoms with van der Waals surface area (Å²) in [6, 6.07) is 5.41. The van der Waals surface area contributed by atoms with E-state index in [1.807, 2.05) is 40.7 Å². The van der Waals surface area contributed by atoms with Crippen molar-refractivity contribution in [2.45, 2.75) is 70.0 Å². The van der Waals surface area contributed by atoms with Crippen LogP contribution in [0.1, 0.15) is 53.5 Å². The Labute approximate surface area is 178 Å². The number of amides is 1. The van der Waals surface area contributed by atoms with Gasteiger partial charge in [-0.05, 0) is 65.7 Å².